The van der Waals surface area contributed by atoms with E-state index < -0.39 is 53.8 Å². The van der Waals surface area contributed by atoms with Crippen molar-refractivity contribution in [3.8, 4) is 0 Å². The predicted octanol–water partition coefficient (Wildman–Crippen LogP) is -2.08. The molecule has 0 aliphatic carbocycles. The number of nitrogens with zero attached hydrogens (tertiary/aromatic N) is 1. The SMILES string of the molecule is CSCCC(NC(=O)C1CCCN1C(=O)C(CS)NC(=O)C(N)CC(N)=O)C(=O)O. The van der Waals surface area contributed by atoms with E-state index in [9.17, 15) is 29.1 Å². The van der Waals surface area contributed by atoms with Crippen molar-refractivity contribution in [3.63, 3.8) is 0 Å². The average Bonchev–Trinajstić information content (AvgIpc) is 3.17. The van der Waals surface area contributed by atoms with Gasteiger partial charge in [-0.3, -0.25) is 19.2 Å². The Labute approximate surface area is 184 Å². The molecular formula is C17H29N5O6S2. The molecule has 0 bridgehead atoms. The molecule has 1 saturated heterocycles. The second-order valence-electron chi connectivity index (χ2n) is 6.89. The molecule has 4 amide bonds. The summed E-state index contributed by atoms with van der Waals surface area (Å²) in [5.74, 6) is -3.20. The van der Waals surface area contributed by atoms with E-state index in [4.69, 9.17) is 11.5 Å². The number of carbonyl (C=O) groups is 5. The summed E-state index contributed by atoms with van der Waals surface area (Å²) >= 11 is 5.55. The van der Waals surface area contributed by atoms with E-state index in [0.29, 0.717) is 18.6 Å². The van der Waals surface area contributed by atoms with Gasteiger partial charge in [0.1, 0.15) is 18.1 Å². The van der Waals surface area contributed by atoms with Gasteiger partial charge in [0.15, 0.2) is 0 Å². The van der Waals surface area contributed by atoms with Crippen molar-refractivity contribution in [2.75, 3.05) is 24.3 Å². The van der Waals surface area contributed by atoms with Gasteiger partial charge >= 0.3 is 5.97 Å². The monoisotopic (exact) mass is 463 g/mol. The number of nitrogens with two attached hydrogens (primary N) is 2. The molecule has 4 unspecified atom stereocenters. The van der Waals surface area contributed by atoms with Crippen LogP contribution in [0, 0.1) is 0 Å². The minimum Gasteiger partial charge on any atom is -0.480 e. The summed E-state index contributed by atoms with van der Waals surface area (Å²) in [6.45, 7) is 0.285. The number of thioether (sulfide) groups is 1. The van der Waals surface area contributed by atoms with E-state index in [1.54, 1.807) is 0 Å². The van der Waals surface area contributed by atoms with Gasteiger partial charge in [-0.25, -0.2) is 4.79 Å². The van der Waals surface area contributed by atoms with E-state index in [1.807, 2.05) is 6.26 Å². The van der Waals surface area contributed by atoms with Crippen LogP contribution >= 0.6 is 24.4 Å². The van der Waals surface area contributed by atoms with E-state index in [2.05, 4.69) is 23.3 Å². The second kappa shape index (κ2) is 12.6. The Bertz CT molecular complexity index is 665. The molecule has 11 nitrogen and oxygen atoms in total. The van der Waals surface area contributed by atoms with Crippen LogP contribution in [0.2, 0.25) is 0 Å². The second-order valence-corrected chi connectivity index (χ2v) is 8.24. The Balaban J connectivity index is 2.80. The fourth-order valence-electron chi connectivity index (χ4n) is 3.04. The first-order chi connectivity index (χ1) is 14.1. The molecular weight excluding hydrogens is 434 g/mol. The highest BCUT2D eigenvalue weighted by Gasteiger charge is 2.38. The number of amides is 4. The molecule has 4 atom stereocenters. The molecule has 1 aliphatic heterocycles. The van der Waals surface area contributed by atoms with Gasteiger partial charge < -0.3 is 32.1 Å². The van der Waals surface area contributed by atoms with Crippen LogP contribution in [-0.4, -0.2) is 88.1 Å². The molecule has 170 valence electrons. The smallest absolute Gasteiger partial charge is 0.326 e. The lowest BCUT2D eigenvalue weighted by Gasteiger charge is -2.29. The number of thiol groups is 1. The first-order valence-electron chi connectivity index (χ1n) is 9.40. The molecule has 0 aromatic carbocycles. The Morgan fingerprint density at radius 2 is 1.90 bits per heavy atom. The summed E-state index contributed by atoms with van der Waals surface area (Å²) < 4.78 is 0. The van der Waals surface area contributed by atoms with Gasteiger partial charge in [0.05, 0.1) is 12.5 Å². The third-order valence-electron chi connectivity index (χ3n) is 4.62. The van der Waals surface area contributed by atoms with Crippen LogP contribution in [0.15, 0.2) is 0 Å². The first-order valence-corrected chi connectivity index (χ1v) is 11.4. The quantitative estimate of drug-likeness (QED) is 0.178. The maximum atomic E-state index is 12.9. The normalized spacial score (nSPS) is 18.9. The number of likely N-dealkylation sites (tertiary alicyclic amines) is 1. The molecule has 1 rings (SSSR count). The molecule has 1 aliphatic rings. The fourth-order valence-corrected chi connectivity index (χ4v) is 3.76. The number of carboxylic acid groups (broad SMARTS) is 1. The zero-order chi connectivity index (χ0) is 22.8. The highest BCUT2D eigenvalue weighted by molar-refractivity contribution is 7.98. The topological polar surface area (TPSA) is 185 Å². The number of rotatable bonds is 12. The van der Waals surface area contributed by atoms with Gasteiger partial charge in [-0.2, -0.15) is 24.4 Å². The van der Waals surface area contributed by atoms with E-state index in [1.165, 1.54) is 16.7 Å². The number of hydrogen-bond acceptors (Lipinski definition) is 8. The average molecular weight is 464 g/mol. The number of carboxylic acids is 1. The summed E-state index contributed by atoms with van der Waals surface area (Å²) in [7, 11) is 0. The number of primary amides is 1. The molecule has 0 spiro atoms. The van der Waals surface area contributed by atoms with Gasteiger partial charge in [-0.1, -0.05) is 0 Å². The van der Waals surface area contributed by atoms with Gasteiger partial charge in [-0.15, -0.1) is 0 Å². The van der Waals surface area contributed by atoms with Crippen molar-refractivity contribution >= 4 is 54.0 Å². The van der Waals surface area contributed by atoms with Gasteiger partial charge in [0, 0.05) is 12.3 Å². The maximum absolute atomic E-state index is 12.9. The largest absolute Gasteiger partial charge is 0.480 e. The van der Waals surface area contributed by atoms with Crippen LogP contribution in [0.3, 0.4) is 0 Å². The van der Waals surface area contributed by atoms with Crippen LogP contribution in [-0.2, 0) is 24.0 Å². The molecule has 13 heteroatoms. The Morgan fingerprint density at radius 1 is 1.23 bits per heavy atom. The van der Waals surface area contributed by atoms with Crippen molar-refractivity contribution in [1.82, 2.24) is 15.5 Å². The minimum absolute atomic E-state index is 0.0514. The number of aliphatic carboxylic acids is 1. The van der Waals surface area contributed by atoms with Crippen molar-refractivity contribution in [3.05, 3.63) is 0 Å². The molecule has 30 heavy (non-hydrogen) atoms. The van der Waals surface area contributed by atoms with E-state index >= 15 is 0 Å². The molecule has 1 heterocycles. The Morgan fingerprint density at radius 3 is 2.43 bits per heavy atom. The number of nitrogens with one attached hydrogen (secondary N) is 2. The Kier molecular flexibility index (Phi) is 11.0. The standard InChI is InChI=1S/C17H29N5O6S2/c1-30-6-4-10(17(27)28)20-15(25)12-3-2-5-22(12)16(26)11(8-29)21-14(24)9(18)7-13(19)23/h9-12,29H,2-8,18H2,1H3,(H2,19,23)(H,20,25)(H,21,24)(H,27,28). The van der Waals surface area contributed by atoms with E-state index in [-0.39, 0.29) is 25.1 Å². The Hall–Kier alpha value is -1.99. The van der Waals surface area contributed by atoms with Gasteiger partial charge in [0.25, 0.3) is 0 Å². The zero-order valence-electron chi connectivity index (χ0n) is 16.7. The highest BCUT2D eigenvalue weighted by Crippen LogP contribution is 2.19. The summed E-state index contributed by atoms with van der Waals surface area (Å²) in [5, 5.41) is 14.2. The molecule has 0 aromatic rings. The molecule has 0 aromatic heterocycles. The van der Waals surface area contributed by atoms with Crippen LogP contribution in [0.4, 0.5) is 0 Å². The minimum atomic E-state index is -1.21. The lowest BCUT2D eigenvalue weighted by molar-refractivity contribution is -0.144. The zero-order valence-corrected chi connectivity index (χ0v) is 18.4. The van der Waals surface area contributed by atoms with Crippen molar-refractivity contribution in [2.45, 2.75) is 49.9 Å². The fraction of sp³-hybridized carbons (Fsp3) is 0.706. The van der Waals surface area contributed by atoms with Crippen LogP contribution < -0.4 is 22.1 Å². The van der Waals surface area contributed by atoms with Gasteiger partial charge in [0.2, 0.25) is 23.6 Å². The van der Waals surface area contributed by atoms with Crippen LogP contribution in [0.1, 0.15) is 25.7 Å². The lowest BCUT2D eigenvalue weighted by atomic mass is 10.1. The third kappa shape index (κ3) is 7.69. The predicted molar refractivity (Wildman–Crippen MR) is 115 cm³/mol. The maximum Gasteiger partial charge on any atom is 0.326 e. The number of hydrogen-bond donors (Lipinski definition) is 6. The van der Waals surface area contributed by atoms with Crippen molar-refractivity contribution in [1.29, 1.82) is 0 Å². The molecule has 0 saturated carbocycles. The summed E-state index contributed by atoms with van der Waals surface area (Å²) in [6, 6.07) is -4.15. The third-order valence-corrected chi connectivity index (χ3v) is 5.63. The van der Waals surface area contributed by atoms with E-state index in [0.717, 1.165) is 0 Å². The van der Waals surface area contributed by atoms with Crippen molar-refractivity contribution < 1.29 is 29.1 Å². The molecule has 7 N–H and O–H groups in total. The summed E-state index contributed by atoms with van der Waals surface area (Å²) in [6.07, 6.45) is 2.65. The van der Waals surface area contributed by atoms with Gasteiger partial charge in [-0.05, 0) is 31.3 Å². The first kappa shape index (κ1) is 26.0. The van der Waals surface area contributed by atoms with Crippen LogP contribution in [0.25, 0.3) is 0 Å². The highest BCUT2D eigenvalue weighted by atomic mass is 32.2. The molecule has 0 radical (unpaired) electrons. The molecule has 1 fully saturated rings. The summed E-state index contributed by atoms with van der Waals surface area (Å²) in [4.78, 5) is 61.3. The van der Waals surface area contributed by atoms with Crippen LogP contribution in [0.5, 0.6) is 0 Å². The lowest BCUT2D eigenvalue weighted by Crippen LogP contribution is -2.57. The van der Waals surface area contributed by atoms with Crippen molar-refractivity contribution in [2.24, 2.45) is 11.5 Å². The number of carbonyl (C=O) groups excluding carboxylic acids is 4. The summed E-state index contributed by atoms with van der Waals surface area (Å²) in [5.41, 5.74) is 10.6.